The van der Waals surface area contributed by atoms with E-state index < -0.39 is 0 Å². The Morgan fingerprint density at radius 2 is 2.00 bits per heavy atom. The summed E-state index contributed by atoms with van der Waals surface area (Å²) in [4.78, 5) is 14.0. The third-order valence-electron chi connectivity index (χ3n) is 2.58. The van der Waals surface area contributed by atoms with E-state index >= 15 is 0 Å². The van der Waals surface area contributed by atoms with Crippen LogP contribution in [0.4, 0.5) is 5.69 Å². The zero-order valence-corrected chi connectivity index (χ0v) is 10.2. The molecule has 0 fully saturated rings. The monoisotopic (exact) mass is 220 g/mol. The number of nitrogens with one attached hydrogen (secondary N) is 1. The SMILES string of the molecule is CCN(C(=O)C(C)CNC)c1ccccc1. The van der Waals surface area contributed by atoms with Gasteiger partial charge in [0.2, 0.25) is 5.91 Å². The van der Waals surface area contributed by atoms with Gasteiger partial charge in [0.05, 0.1) is 0 Å². The average Bonchev–Trinajstić information content (AvgIpc) is 2.31. The summed E-state index contributed by atoms with van der Waals surface area (Å²) >= 11 is 0. The van der Waals surface area contributed by atoms with Crippen LogP contribution >= 0.6 is 0 Å². The molecule has 0 aliphatic heterocycles. The van der Waals surface area contributed by atoms with Gasteiger partial charge in [0, 0.05) is 24.7 Å². The summed E-state index contributed by atoms with van der Waals surface area (Å²) in [5.41, 5.74) is 0.970. The van der Waals surface area contributed by atoms with Gasteiger partial charge < -0.3 is 10.2 Å². The van der Waals surface area contributed by atoms with E-state index in [-0.39, 0.29) is 11.8 Å². The van der Waals surface area contributed by atoms with Crippen molar-refractivity contribution in [2.24, 2.45) is 5.92 Å². The first kappa shape index (κ1) is 12.7. The van der Waals surface area contributed by atoms with Gasteiger partial charge in [0.15, 0.2) is 0 Å². The number of nitrogens with zero attached hydrogens (tertiary/aromatic N) is 1. The number of benzene rings is 1. The molecule has 0 heterocycles. The van der Waals surface area contributed by atoms with Crippen LogP contribution in [0, 0.1) is 5.92 Å². The summed E-state index contributed by atoms with van der Waals surface area (Å²) in [5.74, 6) is 0.174. The molecule has 3 heteroatoms. The Morgan fingerprint density at radius 1 is 1.38 bits per heavy atom. The van der Waals surface area contributed by atoms with Gasteiger partial charge in [-0.2, -0.15) is 0 Å². The Hall–Kier alpha value is -1.35. The van der Waals surface area contributed by atoms with Gasteiger partial charge in [-0.15, -0.1) is 0 Å². The Balaban J connectivity index is 2.79. The maximum Gasteiger partial charge on any atom is 0.231 e. The molecule has 0 saturated carbocycles. The van der Waals surface area contributed by atoms with Crippen LogP contribution in [0.3, 0.4) is 0 Å². The van der Waals surface area contributed by atoms with E-state index in [1.54, 1.807) is 0 Å². The average molecular weight is 220 g/mol. The van der Waals surface area contributed by atoms with Crippen LogP contribution in [0.25, 0.3) is 0 Å². The molecule has 1 rings (SSSR count). The predicted molar refractivity (Wildman–Crippen MR) is 67.6 cm³/mol. The number of rotatable bonds is 5. The van der Waals surface area contributed by atoms with Crippen molar-refractivity contribution in [1.29, 1.82) is 0 Å². The van der Waals surface area contributed by atoms with Crippen LogP contribution < -0.4 is 10.2 Å². The first-order valence-corrected chi connectivity index (χ1v) is 5.71. The summed E-state index contributed by atoms with van der Waals surface area (Å²) in [6.07, 6.45) is 0. The maximum absolute atomic E-state index is 12.2. The van der Waals surface area contributed by atoms with Crippen LogP contribution in [0.1, 0.15) is 13.8 Å². The van der Waals surface area contributed by atoms with Crippen molar-refractivity contribution in [2.75, 3.05) is 25.0 Å². The van der Waals surface area contributed by atoms with Crippen LogP contribution in [-0.2, 0) is 4.79 Å². The quantitative estimate of drug-likeness (QED) is 0.822. The van der Waals surface area contributed by atoms with E-state index in [1.165, 1.54) is 0 Å². The molecular formula is C13H20N2O. The number of hydrogen-bond donors (Lipinski definition) is 1. The normalized spacial score (nSPS) is 12.2. The summed E-state index contributed by atoms with van der Waals surface area (Å²) in [5, 5.41) is 3.03. The number of carbonyl (C=O) groups is 1. The molecule has 1 N–H and O–H groups in total. The molecule has 16 heavy (non-hydrogen) atoms. The minimum absolute atomic E-state index is 0.00477. The van der Waals surface area contributed by atoms with Crippen molar-refractivity contribution >= 4 is 11.6 Å². The molecule has 1 atom stereocenters. The third-order valence-corrected chi connectivity index (χ3v) is 2.58. The molecule has 0 bridgehead atoms. The van der Waals surface area contributed by atoms with Crippen molar-refractivity contribution in [3.05, 3.63) is 30.3 Å². The predicted octanol–water partition coefficient (Wildman–Crippen LogP) is 1.90. The maximum atomic E-state index is 12.2. The highest BCUT2D eigenvalue weighted by Crippen LogP contribution is 2.15. The van der Waals surface area contributed by atoms with Gasteiger partial charge in [-0.1, -0.05) is 25.1 Å². The smallest absolute Gasteiger partial charge is 0.231 e. The lowest BCUT2D eigenvalue weighted by Gasteiger charge is -2.24. The lowest BCUT2D eigenvalue weighted by Crippen LogP contribution is -2.38. The fourth-order valence-corrected chi connectivity index (χ4v) is 1.73. The second kappa shape index (κ2) is 6.28. The van der Waals surface area contributed by atoms with Gasteiger partial charge in [0.25, 0.3) is 0 Å². The summed E-state index contributed by atoms with van der Waals surface area (Å²) < 4.78 is 0. The van der Waals surface area contributed by atoms with Gasteiger partial charge >= 0.3 is 0 Å². The molecule has 1 aromatic carbocycles. The molecule has 0 saturated heterocycles. The van der Waals surface area contributed by atoms with E-state index in [4.69, 9.17) is 0 Å². The molecule has 1 amide bonds. The number of hydrogen-bond acceptors (Lipinski definition) is 2. The second-order valence-corrected chi connectivity index (χ2v) is 3.88. The lowest BCUT2D eigenvalue weighted by atomic mass is 10.1. The highest BCUT2D eigenvalue weighted by atomic mass is 16.2. The number of amides is 1. The van der Waals surface area contributed by atoms with Crippen molar-refractivity contribution in [3.8, 4) is 0 Å². The van der Waals surface area contributed by atoms with Gasteiger partial charge in [0.1, 0.15) is 0 Å². The molecule has 0 spiro atoms. The highest BCUT2D eigenvalue weighted by Gasteiger charge is 2.19. The minimum atomic E-state index is 0.00477. The lowest BCUT2D eigenvalue weighted by molar-refractivity contribution is -0.121. The van der Waals surface area contributed by atoms with E-state index in [1.807, 2.05) is 56.1 Å². The zero-order chi connectivity index (χ0) is 12.0. The molecular weight excluding hydrogens is 200 g/mol. The number of para-hydroxylation sites is 1. The highest BCUT2D eigenvalue weighted by molar-refractivity contribution is 5.94. The third kappa shape index (κ3) is 3.07. The largest absolute Gasteiger partial charge is 0.319 e. The van der Waals surface area contributed by atoms with Gasteiger partial charge in [-0.25, -0.2) is 0 Å². The van der Waals surface area contributed by atoms with E-state index in [2.05, 4.69) is 5.32 Å². The Kier molecular flexibility index (Phi) is 4.99. The van der Waals surface area contributed by atoms with E-state index in [9.17, 15) is 4.79 Å². The standard InChI is InChI=1S/C13H20N2O/c1-4-15(12-8-6-5-7-9-12)13(16)11(2)10-14-3/h5-9,11,14H,4,10H2,1-3H3. The number of anilines is 1. The second-order valence-electron chi connectivity index (χ2n) is 3.88. The van der Waals surface area contributed by atoms with Gasteiger partial charge in [-0.3, -0.25) is 4.79 Å². The molecule has 88 valence electrons. The molecule has 0 radical (unpaired) electrons. The molecule has 3 nitrogen and oxygen atoms in total. The summed E-state index contributed by atoms with van der Waals surface area (Å²) in [6, 6.07) is 9.79. The molecule has 0 aliphatic rings. The molecule has 0 aromatic heterocycles. The first-order valence-electron chi connectivity index (χ1n) is 5.71. The molecule has 1 unspecified atom stereocenters. The van der Waals surface area contributed by atoms with E-state index in [0.29, 0.717) is 13.1 Å². The zero-order valence-electron chi connectivity index (χ0n) is 10.2. The van der Waals surface area contributed by atoms with Crippen LogP contribution in [0.2, 0.25) is 0 Å². The fraction of sp³-hybridized carbons (Fsp3) is 0.462. The first-order chi connectivity index (χ1) is 7.70. The number of carbonyl (C=O) groups excluding carboxylic acids is 1. The van der Waals surface area contributed by atoms with Crippen molar-refractivity contribution < 1.29 is 4.79 Å². The summed E-state index contributed by atoms with van der Waals surface area (Å²) in [7, 11) is 1.86. The minimum Gasteiger partial charge on any atom is -0.319 e. The molecule has 0 aliphatic carbocycles. The van der Waals surface area contributed by atoms with Gasteiger partial charge in [-0.05, 0) is 26.1 Å². The fourth-order valence-electron chi connectivity index (χ4n) is 1.73. The Bertz CT molecular complexity index is 324. The topological polar surface area (TPSA) is 32.3 Å². The molecule has 1 aromatic rings. The Labute approximate surface area is 97.5 Å². The van der Waals surface area contributed by atoms with E-state index in [0.717, 1.165) is 5.69 Å². The van der Waals surface area contributed by atoms with Crippen molar-refractivity contribution in [1.82, 2.24) is 5.32 Å². The Morgan fingerprint density at radius 3 is 2.50 bits per heavy atom. The van der Waals surface area contributed by atoms with Crippen LogP contribution in [0.15, 0.2) is 30.3 Å². The van der Waals surface area contributed by atoms with Crippen molar-refractivity contribution in [2.45, 2.75) is 13.8 Å². The van der Waals surface area contributed by atoms with Crippen molar-refractivity contribution in [3.63, 3.8) is 0 Å². The van der Waals surface area contributed by atoms with Crippen LogP contribution in [0.5, 0.6) is 0 Å². The summed E-state index contributed by atoms with van der Waals surface area (Å²) in [6.45, 7) is 5.36. The van der Waals surface area contributed by atoms with Crippen LogP contribution in [-0.4, -0.2) is 26.0 Å².